The predicted octanol–water partition coefficient (Wildman–Crippen LogP) is 2.36. The van der Waals surface area contributed by atoms with Gasteiger partial charge in [-0.1, -0.05) is 19.1 Å². The lowest BCUT2D eigenvalue weighted by molar-refractivity contribution is 0.0669. The zero-order valence-corrected chi connectivity index (χ0v) is 13.0. The summed E-state index contributed by atoms with van der Waals surface area (Å²) in [6, 6.07) is 4.25. The van der Waals surface area contributed by atoms with Gasteiger partial charge in [-0.3, -0.25) is 4.79 Å². The molecule has 1 saturated heterocycles. The fourth-order valence-corrected chi connectivity index (χ4v) is 2.64. The van der Waals surface area contributed by atoms with Crippen molar-refractivity contribution in [2.24, 2.45) is 11.1 Å². The molecule has 1 aromatic rings. The van der Waals surface area contributed by atoms with Crippen LogP contribution in [-0.4, -0.2) is 36.0 Å². The first kappa shape index (κ1) is 15.7. The summed E-state index contributed by atoms with van der Waals surface area (Å²) < 4.78 is 18.5. The van der Waals surface area contributed by atoms with Crippen molar-refractivity contribution < 1.29 is 13.9 Å². The van der Waals surface area contributed by atoms with Gasteiger partial charge in [0.1, 0.15) is 0 Å². The van der Waals surface area contributed by atoms with Gasteiger partial charge in [0, 0.05) is 24.1 Å². The monoisotopic (exact) mass is 310 g/mol. The van der Waals surface area contributed by atoms with Crippen molar-refractivity contribution in [1.82, 2.24) is 4.90 Å². The summed E-state index contributed by atoms with van der Waals surface area (Å²) in [5.74, 6) is -0.582. The highest BCUT2D eigenvalue weighted by atomic mass is 32.1. The molecule has 0 unspecified atom stereocenters. The third kappa shape index (κ3) is 3.15. The molecule has 0 aliphatic carbocycles. The number of thiocarbonyl (C=S) groups is 1. The number of methoxy groups -OCH3 is 1. The highest BCUT2D eigenvalue weighted by Crippen LogP contribution is 2.32. The highest BCUT2D eigenvalue weighted by Gasteiger charge is 2.34. The van der Waals surface area contributed by atoms with Gasteiger partial charge in [-0.05, 0) is 31.0 Å². The number of piperidine rings is 1. The standard InChI is InChI=1S/C15H19FN2O2S/c1-15(14(17)21)5-7-18(8-6-15)13(19)10-3-4-12(20-2)11(16)9-10/h3-4,9H,5-8H2,1-2H3,(H2,17,21). The Labute approximate surface area is 129 Å². The summed E-state index contributed by atoms with van der Waals surface area (Å²) in [4.78, 5) is 14.6. The van der Waals surface area contributed by atoms with Gasteiger partial charge in [-0.25, -0.2) is 4.39 Å². The molecule has 0 saturated carbocycles. The zero-order chi connectivity index (χ0) is 15.6. The van der Waals surface area contributed by atoms with E-state index in [1.165, 1.54) is 19.2 Å². The number of likely N-dealkylation sites (tertiary alicyclic amines) is 1. The van der Waals surface area contributed by atoms with E-state index in [0.717, 1.165) is 12.8 Å². The highest BCUT2D eigenvalue weighted by molar-refractivity contribution is 7.80. The lowest BCUT2D eigenvalue weighted by Crippen LogP contribution is -2.46. The van der Waals surface area contributed by atoms with E-state index in [-0.39, 0.29) is 17.1 Å². The summed E-state index contributed by atoms with van der Waals surface area (Å²) in [6.07, 6.45) is 1.46. The fourth-order valence-electron chi connectivity index (χ4n) is 2.43. The van der Waals surface area contributed by atoms with Gasteiger partial charge in [0.2, 0.25) is 0 Å². The minimum absolute atomic E-state index is 0.131. The Morgan fingerprint density at radius 2 is 2.05 bits per heavy atom. The molecule has 1 amide bonds. The van der Waals surface area contributed by atoms with E-state index in [2.05, 4.69) is 0 Å². The Morgan fingerprint density at radius 1 is 1.43 bits per heavy atom. The Kier molecular flexibility index (Phi) is 4.46. The van der Waals surface area contributed by atoms with Gasteiger partial charge < -0.3 is 15.4 Å². The van der Waals surface area contributed by atoms with E-state index in [9.17, 15) is 9.18 Å². The maximum absolute atomic E-state index is 13.7. The Hall–Kier alpha value is -1.69. The van der Waals surface area contributed by atoms with Crippen molar-refractivity contribution in [3.63, 3.8) is 0 Å². The number of hydrogen-bond donors (Lipinski definition) is 1. The smallest absolute Gasteiger partial charge is 0.253 e. The van der Waals surface area contributed by atoms with Gasteiger partial charge in [0.05, 0.1) is 12.1 Å². The molecule has 4 nitrogen and oxygen atoms in total. The molecule has 0 radical (unpaired) electrons. The first-order valence-corrected chi connectivity index (χ1v) is 7.21. The second kappa shape index (κ2) is 5.97. The van der Waals surface area contributed by atoms with E-state index in [4.69, 9.17) is 22.7 Å². The van der Waals surface area contributed by atoms with Crippen LogP contribution < -0.4 is 10.5 Å². The molecular weight excluding hydrogens is 291 g/mol. The molecule has 1 aliphatic rings. The van der Waals surface area contributed by atoms with Crippen LogP contribution in [0.4, 0.5) is 4.39 Å². The van der Waals surface area contributed by atoms with Crippen LogP contribution in [0.3, 0.4) is 0 Å². The number of ether oxygens (including phenoxy) is 1. The molecule has 1 aromatic carbocycles. The summed E-state index contributed by atoms with van der Waals surface area (Å²) in [5, 5.41) is 0. The molecule has 0 atom stereocenters. The molecule has 0 bridgehead atoms. The third-order valence-electron chi connectivity index (χ3n) is 4.15. The molecule has 6 heteroatoms. The lowest BCUT2D eigenvalue weighted by Gasteiger charge is -2.38. The third-order valence-corrected chi connectivity index (χ3v) is 4.64. The molecular formula is C15H19FN2O2S. The van der Waals surface area contributed by atoms with Gasteiger partial charge in [0.15, 0.2) is 11.6 Å². The summed E-state index contributed by atoms with van der Waals surface area (Å²) in [7, 11) is 1.39. The normalized spacial score (nSPS) is 17.4. The van der Waals surface area contributed by atoms with Crippen molar-refractivity contribution in [3.05, 3.63) is 29.6 Å². The van der Waals surface area contributed by atoms with Gasteiger partial charge in [-0.15, -0.1) is 0 Å². The minimum atomic E-state index is -0.534. The minimum Gasteiger partial charge on any atom is -0.494 e. The Morgan fingerprint density at radius 3 is 2.52 bits per heavy atom. The maximum Gasteiger partial charge on any atom is 0.253 e. The quantitative estimate of drug-likeness (QED) is 0.871. The van der Waals surface area contributed by atoms with Crippen LogP contribution in [-0.2, 0) is 0 Å². The second-order valence-electron chi connectivity index (χ2n) is 5.57. The van der Waals surface area contributed by atoms with Gasteiger partial charge >= 0.3 is 0 Å². The molecule has 114 valence electrons. The SMILES string of the molecule is COc1ccc(C(=O)N2CCC(C)(C(N)=S)CC2)cc1F. The van der Waals surface area contributed by atoms with Crippen molar-refractivity contribution in [1.29, 1.82) is 0 Å². The summed E-state index contributed by atoms with van der Waals surface area (Å²) in [6.45, 7) is 3.16. The fraction of sp³-hybridized carbons (Fsp3) is 0.467. The van der Waals surface area contributed by atoms with Gasteiger partial charge in [-0.2, -0.15) is 0 Å². The topological polar surface area (TPSA) is 55.6 Å². The van der Waals surface area contributed by atoms with Crippen LogP contribution in [0.15, 0.2) is 18.2 Å². The predicted molar refractivity (Wildman–Crippen MR) is 83.0 cm³/mol. The van der Waals surface area contributed by atoms with Crippen LogP contribution in [0.5, 0.6) is 5.75 Å². The number of nitrogens with two attached hydrogens (primary N) is 1. The van der Waals surface area contributed by atoms with E-state index >= 15 is 0 Å². The van der Waals surface area contributed by atoms with Crippen molar-refractivity contribution in [2.45, 2.75) is 19.8 Å². The van der Waals surface area contributed by atoms with Crippen LogP contribution in [0.2, 0.25) is 0 Å². The van der Waals surface area contributed by atoms with Crippen molar-refractivity contribution in [3.8, 4) is 5.75 Å². The van der Waals surface area contributed by atoms with Crippen LogP contribution >= 0.6 is 12.2 Å². The number of halogens is 1. The molecule has 0 aromatic heterocycles. The largest absolute Gasteiger partial charge is 0.494 e. The van der Waals surface area contributed by atoms with Crippen LogP contribution in [0, 0.1) is 11.2 Å². The van der Waals surface area contributed by atoms with E-state index < -0.39 is 5.82 Å². The van der Waals surface area contributed by atoms with Crippen molar-refractivity contribution in [2.75, 3.05) is 20.2 Å². The number of nitrogens with zero attached hydrogens (tertiary/aromatic N) is 1. The number of hydrogen-bond acceptors (Lipinski definition) is 3. The summed E-state index contributed by atoms with van der Waals surface area (Å²) in [5.41, 5.74) is 5.88. The molecule has 1 aliphatic heterocycles. The number of benzene rings is 1. The summed E-state index contributed by atoms with van der Waals surface area (Å²) >= 11 is 5.08. The first-order valence-electron chi connectivity index (χ1n) is 6.80. The average molecular weight is 310 g/mol. The molecule has 21 heavy (non-hydrogen) atoms. The Bertz CT molecular complexity index is 569. The average Bonchev–Trinajstić information content (AvgIpc) is 2.47. The number of carbonyl (C=O) groups excluding carboxylic acids is 1. The van der Waals surface area contributed by atoms with Crippen LogP contribution in [0.1, 0.15) is 30.1 Å². The van der Waals surface area contributed by atoms with Gasteiger partial charge in [0.25, 0.3) is 5.91 Å². The number of amides is 1. The van der Waals surface area contributed by atoms with Crippen LogP contribution in [0.25, 0.3) is 0 Å². The Balaban J connectivity index is 2.09. The molecule has 1 fully saturated rings. The molecule has 1 heterocycles. The second-order valence-corrected chi connectivity index (χ2v) is 6.01. The lowest BCUT2D eigenvalue weighted by atomic mass is 9.80. The van der Waals surface area contributed by atoms with E-state index in [1.54, 1.807) is 11.0 Å². The van der Waals surface area contributed by atoms with Crippen molar-refractivity contribution >= 4 is 23.1 Å². The number of rotatable bonds is 3. The maximum atomic E-state index is 13.7. The molecule has 2 rings (SSSR count). The van der Waals surface area contributed by atoms with E-state index in [0.29, 0.717) is 23.6 Å². The van der Waals surface area contributed by atoms with E-state index in [1.807, 2.05) is 6.92 Å². The molecule has 0 spiro atoms. The first-order chi connectivity index (χ1) is 9.87. The zero-order valence-electron chi connectivity index (χ0n) is 12.2. The molecule has 2 N–H and O–H groups in total. The number of carbonyl (C=O) groups is 1.